The molecule has 0 fully saturated rings. The molecule has 0 aliphatic rings. The van der Waals surface area contributed by atoms with Crippen LogP contribution in [-0.2, 0) is 0 Å². The lowest BCUT2D eigenvalue weighted by atomic mass is 9.94. The van der Waals surface area contributed by atoms with Gasteiger partial charge in [0.2, 0.25) is 0 Å². The van der Waals surface area contributed by atoms with Crippen LogP contribution in [0.1, 0.15) is 121 Å². The van der Waals surface area contributed by atoms with Gasteiger partial charge in [-0.2, -0.15) is 0 Å². The Bertz CT molecular complexity index is 468. The minimum atomic E-state index is 0. The molecule has 0 amide bonds. The van der Waals surface area contributed by atoms with E-state index in [9.17, 15) is 0 Å². The Balaban J connectivity index is -0.0000000712. The Morgan fingerprint density at radius 2 is 0.929 bits per heavy atom. The Morgan fingerprint density at radius 3 is 1.25 bits per heavy atom. The monoisotopic (exact) mass is 392 g/mol. The maximum atomic E-state index is 2.29. The van der Waals surface area contributed by atoms with Crippen molar-refractivity contribution >= 4 is 0 Å². The molecule has 2 rings (SSSR count). The van der Waals surface area contributed by atoms with E-state index in [-0.39, 0.29) is 44.6 Å². The number of hydrogen-bond acceptors (Lipinski definition) is 0. The summed E-state index contributed by atoms with van der Waals surface area (Å²) in [5, 5.41) is 0. The molecule has 2 aromatic carbocycles. The molecule has 28 heavy (non-hydrogen) atoms. The summed E-state index contributed by atoms with van der Waals surface area (Å²) < 4.78 is 0. The molecule has 0 radical (unpaired) electrons. The summed E-state index contributed by atoms with van der Waals surface area (Å²) in [7, 11) is 0. The second-order valence-corrected chi connectivity index (χ2v) is 6.02. The number of benzene rings is 2. The maximum absolute atomic E-state index is 2.29. The van der Waals surface area contributed by atoms with Crippen LogP contribution in [0.15, 0.2) is 60.7 Å². The third-order valence-electron chi connectivity index (χ3n) is 4.35. The second kappa shape index (κ2) is 25.4. The molecule has 0 heteroatoms. The van der Waals surface area contributed by atoms with Crippen LogP contribution in [-0.4, -0.2) is 0 Å². The lowest BCUT2D eigenvalue weighted by molar-refractivity contribution is 0.642. The first-order valence-corrected chi connectivity index (χ1v) is 8.82. The van der Waals surface area contributed by atoms with Crippen LogP contribution in [0.5, 0.6) is 0 Å². The molecule has 0 saturated carbocycles. The van der Waals surface area contributed by atoms with Gasteiger partial charge >= 0.3 is 0 Å². The van der Waals surface area contributed by atoms with Gasteiger partial charge in [0.05, 0.1) is 0 Å². The lowest BCUT2D eigenvalue weighted by Crippen LogP contribution is -1.93. The molecule has 0 heterocycles. The smallest absolute Gasteiger partial charge is 0.0167 e. The average Bonchev–Trinajstić information content (AvgIpc) is 2.59. The van der Waals surface area contributed by atoms with Gasteiger partial charge in [0.1, 0.15) is 0 Å². The van der Waals surface area contributed by atoms with Crippen LogP contribution in [0.25, 0.3) is 0 Å². The highest BCUT2D eigenvalue weighted by Gasteiger charge is 2.04. The van der Waals surface area contributed by atoms with Gasteiger partial charge in [-0.1, -0.05) is 139 Å². The summed E-state index contributed by atoms with van der Waals surface area (Å²) in [4.78, 5) is 0. The van der Waals surface area contributed by atoms with E-state index in [0.717, 1.165) is 11.8 Å². The Kier molecular flexibility index (Phi) is 37.2. The third-order valence-corrected chi connectivity index (χ3v) is 4.35. The fourth-order valence-corrected chi connectivity index (χ4v) is 2.87. The van der Waals surface area contributed by atoms with Crippen LogP contribution in [0.3, 0.4) is 0 Å². The zero-order valence-electron chi connectivity index (χ0n) is 14.8. The minimum Gasteiger partial charge on any atom is -0.0776 e. The molecule has 0 aliphatic carbocycles. The van der Waals surface area contributed by atoms with Crippen molar-refractivity contribution < 1.29 is 0 Å². The van der Waals surface area contributed by atoms with E-state index >= 15 is 0 Å². The summed E-state index contributed by atoms with van der Waals surface area (Å²) in [5.74, 6) is 1.48. The summed E-state index contributed by atoms with van der Waals surface area (Å²) >= 11 is 0. The van der Waals surface area contributed by atoms with E-state index in [4.69, 9.17) is 0 Å². The fourth-order valence-electron chi connectivity index (χ4n) is 2.87. The van der Waals surface area contributed by atoms with Crippen molar-refractivity contribution in [3.63, 3.8) is 0 Å². The van der Waals surface area contributed by atoms with E-state index < -0.39 is 0 Å². The van der Waals surface area contributed by atoms with E-state index in [1.54, 1.807) is 0 Å². The van der Waals surface area contributed by atoms with Crippen LogP contribution in [0.4, 0.5) is 0 Å². The first-order chi connectivity index (χ1) is 10.7. The molecule has 168 valence electrons. The molecule has 1 atom stereocenters. The fraction of sp³-hybridized carbons (Fsp3) is 0.571. The molecule has 0 saturated heterocycles. The topological polar surface area (TPSA) is 0 Å². The Labute approximate surface area is 181 Å². The SMILES string of the molecule is C.C.C.C.C.C.CCC(CC)c1ccccc1.CCCC(C)c1ccccc1. The van der Waals surface area contributed by atoms with Gasteiger partial charge in [0, 0.05) is 0 Å². The van der Waals surface area contributed by atoms with Crippen molar-refractivity contribution in [1.82, 2.24) is 0 Å². The van der Waals surface area contributed by atoms with Crippen LogP contribution in [0, 0.1) is 0 Å². The van der Waals surface area contributed by atoms with E-state index in [1.165, 1.54) is 36.8 Å². The zero-order chi connectivity index (χ0) is 16.2. The van der Waals surface area contributed by atoms with Gasteiger partial charge in [0.25, 0.3) is 0 Å². The third kappa shape index (κ3) is 15.5. The van der Waals surface area contributed by atoms with Crippen molar-refractivity contribution in [2.45, 2.75) is 110 Å². The average molecular weight is 393 g/mol. The summed E-state index contributed by atoms with van der Waals surface area (Å²) in [6.07, 6.45) is 5.07. The summed E-state index contributed by atoms with van der Waals surface area (Å²) in [6.45, 7) is 9.03. The first kappa shape index (κ1) is 41.0. The molecular formula is C28H56. The van der Waals surface area contributed by atoms with E-state index in [2.05, 4.69) is 88.4 Å². The Morgan fingerprint density at radius 1 is 0.571 bits per heavy atom. The largest absolute Gasteiger partial charge is 0.0776 e. The van der Waals surface area contributed by atoms with Gasteiger partial charge in [0.15, 0.2) is 0 Å². The van der Waals surface area contributed by atoms with Crippen molar-refractivity contribution in [2.24, 2.45) is 0 Å². The predicted molar refractivity (Wildman–Crippen MR) is 140 cm³/mol. The highest BCUT2D eigenvalue weighted by atomic mass is 14.1. The quantitative estimate of drug-likeness (QED) is 0.458. The van der Waals surface area contributed by atoms with Crippen molar-refractivity contribution in [3.8, 4) is 0 Å². The van der Waals surface area contributed by atoms with Crippen molar-refractivity contribution in [1.29, 1.82) is 0 Å². The molecule has 1 unspecified atom stereocenters. The second-order valence-electron chi connectivity index (χ2n) is 6.02. The molecule has 0 spiro atoms. The standard InChI is InChI=1S/2C11H16.6CH4/c1-3-7-10(2)11-8-5-4-6-9-11;1-3-10(4-2)11-8-6-5-7-9-11;;;;;;/h4-6,8-10H,3,7H2,1-2H3;5-10H,3-4H2,1-2H3;6*1H4. The first-order valence-electron chi connectivity index (χ1n) is 8.82. The normalized spacial score (nSPS) is 9.18. The van der Waals surface area contributed by atoms with Crippen LogP contribution in [0.2, 0.25) is 0 Å². The zero-order valence-corrected chi connectivity index (χ0v) is 14.8. The molecule has 0 bridgehead atoms. The van der Waals surface area contributed by atoms with E-state index in [0.29, 0.717) is 0 Å². The molecule has 0 aliphatic heterocycles. The molecule has 0 nitrogen and oxygen atoms in total. The molecule has 0 N–H and O–H groups in total. The van der Waals surface area contributed by atoms with Crippen LogP contribution < -0.4 is 0 Å². The van der Waals surface area contributed by atoms with Crippen molar-refractivity contribution in [2.75, 3.05) is 0 Å². The highest BCUT2D eigenvalue weighted by molar-refractivity contribution is 5.19. The molecule has 2 aromatic rings. The van der Waals surface area contributed by atoms with Gasteiger partial charge in [-0.3, -0.25) is 0 Å². The predicted octanol–water partition coefficient (Wildman–Crippen LogP) is 11.0. The van der Waals surface area contributed by atoms with E-state index in [1.807, 2.05) is 0 Å². The minimum absolute atomic E-state index is 0. The number of hydrogen-bond donors (Lipinski definition) is 0. The molecular weight excluding hydrogens is 336 g/mol. The van der Waals surface area contributed by atoms with Crippen molar-refractivity contribution in [3.05, 3.63) is 71.8 Å². The maximum Gasteiger partial charge on any atom is -0.0167 e. The lowest BCUT2D eigenvalue weighted by Gasteiger charge is -2.11. The van der Waals surface area contributed by atoms with Gasteiger partial charge in [-0.25, -0.2) is 0 Å². The summed E-state index contributed by atoms with van der Waals surface area (Å²) in [6, 6.07) is 21.5. The molecule has 0 aromatic heterocycles. The summed E-state index contributed by atoms with van der Waals surface area (Å²) in [5.41, 5.74) is 2.95. The van der Waals surface area contributed by atoms with Gasteiger partial charge in [-0.15, -0.1) is 0 Å². The van der Waals surface area contributed by atoms with Gasteiger partial charge in [-0.05, 0) is 42.2 Å². The Hall–Kier alpha value is -1.56. The number of rotatable bonds is 6. The van der Waals surface area contributed by atoms with Gasteiger partial charge < -0.3 is 0 Å². The highest BCUT2D eigenvalue weighted by Crippen LogP contribution is 2.21. The van der Waals surface area contributed by atoms with Crippen LogP contribution >= 0.6 is 0 Å².